The molecule has 0 unspecified atom stereocenters. The van der Waals surface area contributed by atoms with E-state index in [1.165, 1.54) is 0 Å². The maximum absolute atomic E-state index is 9.81. The van der Waals surface area contributed by atoms with Crippen molar-refractivity contribution in [2.24, 2.45) is 0 Å². The second kappa shape index (κ2) is 1.39. The van der Waals surface area contributed by atoms with E-state index in [4.69, 9.17) is 4.89 Å². The van der Waals surface area contributed by atoms with E-state index >= 15 is 0 Å². The zero-order valence-electron chi connectivity index (χ0n) is 2.53. The van der Waals surface area contributed by atoms with E-state index in [0.29, 0.717) is 0 Å². The second-order valence-electron chi connectivity index (χ2n) is 0.686. The first-order chi connectivity index (χ1) is 2.71. The molecule has 0 aromatic rings. The first kappa shape index (κ1) is 4.95. The third-order valence-electron chi connectivity index (χ3n) is 0.249. The van der Waals surface area contributed by atoms with Crippen LogP contribution < -0.4 is 0 Å². The number of rotatable bonds is 0. The van der Waals surface area contributed by atoms with Gasteiger partial charge in [-0.25, -0.2) is 0 Å². The number of hydrogen-bond donors (Lipinski definition) is 1. The molecule has 1 N–H and O–H groups in total. The average Bonchev–Trinajstić information content (AvgIpc) is 1.32. The summed E-state index contributed by atoms with van der Waals surface area (Å²) >= 11 is -0.951. The summed E-state index contributed by atoms with van der Waals surface area (Å²) in [5.74, 6) is 0. The molecular formula is HMoO4P. The van der Waals surface area contributed by atoms with Gasteiger partial charge < -0.3 is 0 Å². The molecule has 1 saturated heterocycles. The minimum atomic E-state index is -3.41. The summed E-state index contributed by atoms with van der Waals surface area (Å²) in [4.78, 5) is 8.06. The SMILES string of the molecule is O=P1(O)[O][Mo][O]1. The van der Waals surface area contributed by atoms with E-state index in [9.17, 15) is 4.57 Å². The van der Waals surface area contributed by atoms with Crippen LogP contribution in [0.25, 0.3) is 0 Å². The Labute approximate surface area is 43.5 Å². The number of phosphoric acid groups is 1. The van der Waals surface area contributed by atoms with Crippen molar-refractivity contribution >= 4 is 7.82 Å². The molecule has 4 nitrogen and oxygen atoms in total. The van der Waals surface area contributed by atoms with Crippen molar-refractivity contribution in [2.75, 3.05) is 0 Å². The van der Waals surface area contributed by atoms with Gasteiger partial charge in [-0.05, 0) is 0 Å². The predicted molar refractivity (Wildman–Crippen MR) is 12.0 cm³/mol. The molecule has 6 heteroatoms. The molecule has 0 spiro atoms. The topological polar surface area (TPSA) is 55.8 Å². The Morgan fingerprint density at radius 1 is 1.67 bits per heavy atom. The summed E-state index contributed by atoms with van der Waals surface area (Å²) < 4.78 is 18.1. The Balaban J connectivity index is 2.53. The van der Waals surface area contributed by atoms with E-state index in [2.05, 4.69) is 6.35 Å². The van der Waals surface area contributed by atoms with Gasteiger partial charge in [0.05, 0.1) is 0 Å². The Kier molecular flexibility index (Phi) is 1.15. The van der Waals surface area contributed by atoms with Crippen molar-refractivity contribution in [3.8, 4) is 0 Å². The van der Waals surface area contributed by atoms with Gasteiger partial charge in [0.2, 0.25) is 0 Å². The molecule has 0 aromatic carbocycles. The van der Waals surface area contributed by atoms with Crippen LogP contribution in [0.1, 0.15) is 0 Å². The summed E-state index contributed by atoms with van der Waals surface area (Å²) in [7, 11) is -3.41. The minimum absolute atomic E-state index is 0.951. The summed E-state index contributed by atoms with van der Waals surface area (Å²) in [5.41, 5.74) is 0. The van der Waals surface area contributed by atoms with Crippen LogP contribution in [0.5, 0.6) is 0 Å². The molecule has 6 heavy (non-hydrogen) atoms. The van der Waals surface area contributed by atoms with Crippen molar-refractivity contribution in [2.45, 2.75) is 0 Å². The molecule has 1 aliphatic heterocycles. The van der Waals surface area contributed by atoms with Crippen molar-refractivity contribution in [1.29, 1.82) is 0 Å². The molecule has 1 aliphatic rings. The van der Waals surface area contributed by atoms with Crippen LogP contribution in [0.3, 0.4) is 0 Å². The summed E-state index contributed by atoms with van der Waals surface area (Å²) in [5, 5.41) is 0. The first-order valence-corrected chi connectivity index (χ1v) is 4.22. The van der Waals surface area contributed by atoms with Crippen LogP contribution in [0.2, 0.25) is 0 Å². The van der Waals surface area contributed by atoms with Crippen LogP contribution >= 0.6 is 7.82 Å². The monoisotopic (exact) mass is 194 g/mol. The number of hydrogen-bond acceptors (Lipinski definition) is 3. The van der Waals surface area contributed by atoms with Gasteiger partial charge in [-0.1, -0.05) is 0 Å². The third-order valence-corrected chi connectivity index (χ3v) is 4.42. The summed E-state index contributed by atoms with van der Waals surface area (Å²) in [6.45, 7) is 0. The Hall–Kier alpha value is 0.798. The normalized spacial score (nSPS) is 28.8. The average molecular weight is 192 g/mol. The fraction of sp³-hybridized carbons (Fsp3) is 0. The molecule has 0 saturated carbocycles. The maximum atomic E-state index is 9.81. The molecule has 0 bridgehead atoms. The molecule has 0 radical (unpaired) electrons. The van der Waals surface area contributed by atoms with Gasteiger partial charge >= 0.3 is 43.0 Å². The molecule has 1 fully saturated rings. The molecule has 0 aliphatic carbocycles. The van der Waals surface area contributed by atoms with Gasteiger partial charge in [-0.2, -0.15) is 0 Å². The van der Waals surface area contributed by atoms with Gasteiger partial charge in [-0.15, -0.1) is 0 Å². The molecule has 1 heterocycles. The van der Waals surface area contributed by atoms with Crippen LogP contribution in [0, 0.1) is 0 Å². The van der Waals surface area contributed by atoms with Crippen molar-refractivity contribution in [3.05, 3.63) is 0 Å². The first-order valence-electron chi connectivity index (χ1n) is 1.08. The van der Waals surface area contributed by atoms with E-state index in [0.717, 1.165) is 0 Å². The molecule has 0 aromatic heterocycles. The van der Waals surface area contributed by atoms with Gasteiger partial charge in [0.25, 0.3) is 0 Å². The van der Waals surface area contributed by atoms with Crippen LogP contribution in [-0.2, 0) is 30.2 Å². The standard InChI is InChI=1S/Mo.H3O4P/c;1-5(2,3)4/h;(H3,1,2,3,4)/q+2;/p-2. The Morgan fingerprint density at radius 2 is 2.00 bits per heavy atom. The van der Waals surface area contributed by atoms with Crippen molar-refractivity contribution < 1.29 is 35.1 Å². The fourth-order valence-electron chi connectivity index (χ4n) is 0.0825. The van der Waals surface area contributed by atoms with Crippen LogP contribution in [-0.4, -0.2) is 4.89 Å². The second-order valence-corrected chi connectivity index (χ2v) is 4.45. The van der Waals surface area contributed by atoms with Gasteiger partial charge in [0.15, 0.2) is 0 Å². The summed E-state index contributed by atoms with van der Waals surface area (Å²) in [6, 6.07) is 0. The molecule has 0 atom stereocenters. The van der Waals surface area contributed by atoms with E-state index < -0.39 is 27.1 Å². The Bertz CT molecular complexity index is 89.7. The fourth-order valence-corrected chi connectivity index (χ4v) is 1.46. The van der Waals surface area contributed by atoms with Gasteiger partial charge in [0.1, 0.15) is 0 Å². The zero-order chi connectivity index (χ0) is 4.62. The third kappa shape index (κ3) is 0.894. The molecule has 1 rings (SSSR count). The van der Waals surface area contributed by atoms with Crippen LogP contribution in [0.4, 0.5) is 0 Å². The summed E-state index contributed by atoms with van der Waals surface area (Å²) in [6.07, 6.45) is 0. The quantitative estimate of drug-likeness (QED) is 0.435. The van der Waals surface area contributed by atoms with Crippen LogP contribution in [0.15, 0.2) is 0 Å². The zero-order valence-corrected chi connectivity index (χ0v) is 5.43. The van der Waals surface area contributed by atoms with E-state index in [1.54, 1.807) is 0 Å². The van der Waals surface area contributed by atoms with Gasteiger partial charge in [-0.3, -0.25) is 0 Å². The molecule has 36 valence electrons. The van der Waals surface area contributed by atoms with E-state index in [-0.39, 0.29) is 0 Å². The Morgan fingerprint density at radius 3 is 2.00 bits per heavy atom. The van der Waals surface area contributed by atoms with Gasteiger partial charge in [0, 0.05) is 0 Å². The van der Waals surface area contributed by atoms with Crippen molar-refractivity contribution in [1.82, 2.24) is 0 Å². The molecular weight excluding hydrogens is 191 g/mol. The van der Waals surface area contributed by atoms with Crippen molar-refractivity contribution in [3.63, 3.8) is 0 Å². The van der Waals surface area contributed by atoms with E-state index in [1.807, 2.05) is 0 Å². The molecule has 0 amide bonds. The predicted octanol–water partition coefficient (Wildman–Crippen LogP) is 0.0461.